The van der Waals surface area contributed by atoms with Crippen molar-refractivity contribution in [2.45, 2.75) is 18.8 Å². The minimum Gasteiger partial charge on any atom is -0.480 e. The largest absolute Gasteiger partial charge is 0.480 e. The number of aryl methyl sites for hydroxylation is 1. The molecule has 1 aromatic rings. The molecule has 3 nitrogen and oxygen atoms in total. The molecule has 0 aliphatic carbocycles. The van der Waals surface area contributed by atoms with E-state index in [9.17, 15) is 13.6 Å². The monoisotopic (exact) mass is 229 g/mol. The fourth-order valence-electron chi connectivity index (χ4n) is 1.69. The highest BCUT2D eigenvalue weighted by Crippen LogP contribution is 2.32. The number of benzene rings is 1. The summed E-state index contributed by atoms with van der Waals surface area (Å²) >= 11 is 0. The summed E-state index contributed by atoms with van der Waals surface area (Å²) in [5.41, 5.74) is 3.50. The Kier molecular flexibility index (Phi) is 3.59. The van der Waals surface area contributed by atoms with Gasteiger partial charge in [-0.25, -0.2) is 8.78 Å². The number of nitrogens with two attached hydrogens (primary N) is 1. The lowest BCUT2D eigenvalue weighted by molar-refractivity contribution is -0.150. The van der Waals surface area contributed by atoms with Crippen LogP contribution in [0.2, 0.25) is 0 Å². The molecule has 88 valence electrons. The van der Waals surface area contributed by atoms with Crippen molar-refractivity contribution in [3.8, 4) is 0 Å². The first-order valence-electron chi connectivity index (χ1n) is 4.74. The van der Waals surface area contributed by atoms with Crippen molar-refractivity contribution < 1.29 is 18.7 Å². The molecule has 0 fully saturated rings. The molecule has 0 bridgehead atoms. The molecule has 1 atom stereocenters. The highest BCUT2D eigenvalue weighted by Gasteiger charge is 2.48. The van der Waals surface area contributed by atoms with E-state index >= 15 is 0 Å². The van der Waals surface area contributed by atoms with Gasteiger partial charge in [0.2, 0.25) is 0 Å². The van der Waals surface area contributed by atoms with Crippen molar-refractivity contribution in [1.29, 1.82) is 0 Å². The molecule has 1 unspecified atom stereocenters. The van der Waals surface area contributed by atoms with Gasteiger partial charge in [0.1, 0.15) is 0 Å². The van der Waals surface area contributed by atoms with Crippen LogP contribution in [0.3, 0.4) is 0 Å². The summed E-state index contributed by atoms with van der Waals surface area (Å²) in [4.78, 5) is 11.1. The molecule has 0 saturated heterocycles. The molecule has 0 aromatic heterocycles. The maximum Gasteiger partial charge on any atom is 0.321 e. The zero-order valence-corrected chi connectivity index (χ0v) is 8.78. The predicted molar refractivity (Wildman–Crippen MR) is 55.6 cm³/mol. The van der Waals surface area contributed by atoms with Crippen LogP contribution in [0.15, 0.2) is 24.3 Å². The van der Waals surface area contributed by atoms with Gasteiger partial charge in [0.25, 0.3) is 6.43 Å². The first-order chi connectivity index (χ1) is 7.46. The summed E-state index contributed by atoms with van der Waals surface area (Å²) < 4.78 is 26.0. The molecule has 0 heterocycles. The standard InChI is InChI=1S/C11H13F2NO2/c1-7-4-2-3-5-8(7)11(6-14,9(12)13)10(15)16/h2-5,9H,6,14H2,1H3,(H,15,16). The minimum absolute atomic E-state index is 0.0694. The molecular weight excluding hydrogens is 216 g/mol. The molecule has 16 heavy (non-hydrogen) atoms. The normalized spacial score (nSPS) is 14.8. The lowest BCUT2D eigenvalue weighted by Crippen LogP contribution is -2.49. The van der Waals surface area contributed by atoms with E-state index in [1.54, 1.807) is 19.1 Å². The van der Waals surface area contributed by atoms with Crippen molar-refractivity contribution in [2.24, 2.45) is 5.73 Å². The molecule has 0 amide bonds. The van der Waals surface area contributed by atoms with Gasteiger partial charge in [-0.2, -0.15) is 0 Å². The molecule has 5 heteroatoms. The third kappa shape index (κ3) is 1.78. The number of alkyl halides is 2. The molecule has 0 radical (unpaired) electrons. The molecule has 1 aromatic carbocycles. The van der Waals surface area contributed by atoms with Gasteiger partial charge in [0.15, 0.2) is 5.41 Å². The number of halogens is 2. The Hall–Kier alpha value is -1.49. The van der Waals surface area contributed by atoms with Crippen LogP contribution in [-0.4, -0.2) is 24.0 Å². The number of aliphatic carboxylic acids is 1. The van der Waals surface area contributed by atoms with E-state index in [4.69, 9.17) is 10.8 Å². The van der Waals surface area contributed by atoms with Gasteiger partial charge in [0.05, 0.1) is 0 Å². The number of hydrogen-bond donors (Lipinski definition) is 2. The Morgan fingerprint density at radius 3 is 2.44 bits per heavy atom. The van der Waals surface area contributed by atoms with Crippen LogP contribution in [0.25, 0.3) is 0 Å². The smallest absolute Gasteiger partial charge is 0.321 e. The zero-order valence-electron chi connectivity index (χ0n) is 8.78. The summed E-state index contributed by atoms with van der Waals surface area (Å²) in [5.74, 6) is -1.60. The van der Waals surface area contributed by atoms with Gasteiger partial charge < -0.3 is 10.8 Å². The second-order valence-corrected chi connectivity index (χ2v) is 3.60. The minimum atomic E-state index is -3.05. The lowest BCUT2D eigenvalue weighted by Gasteiger charge is -2.28. The third-order valence-electron chi connectivity index (χ3n) is 2.70. The van der Waals surface area contributed by atoms with Crippen LogP contribution < -0.4 is 5.73 Å². The van der Waals surface area contributed by atoms with Gasteiger partial charge in [-0.3, -0.25) is 4.79 Å². The van der Waals surface area contributed by atoms with Crippen molar-refractivity contribution in [2.75, 3.05) is 6.54 Å². The van der Waals surface area contributed by atoms with Crippen molar-refractivity contribution >= 4 is 5.97 Å². The van der Waals surface area contributed by atoms with Crippen molar-refractivity contribution in [3.05, 3.63) is 35.4 Å². The third-order valence-corrected chi connectivity index (χ3v) is 2.70. The quantitative estimate of drug-likeness (QED) is 0.823. The fourth-order valence-corrected chi connectivity index (χ4v) is 1.69. The van der Waals surface area contributed by atoms with Crippen LogP contribution in [-0.2, 0) is 10.2 Å². The van der Waals surface area contributed by atoms with Crippen LogP contribution in [0.4, 0.5) is 8.78 Å². The summed E-state index contributed by atoms with van der Waals surface area (Å²) in [6.45, 7) is 0.954. The molecule has 3 N–H and O–H groups in total. The summed E-state index contributed by atoms with van der Waals surface area (Å²) in [6.07, 6.45) is -3.05. The topological polar surface area (TPSA) is 63.3 Å². The van der Waals surface area contributed by atoms with Gasteiger partial charge in [-0.15, -0.1) is 0 Å². The van der Waals surface area contributed by atoms with Crippen LogP contribution in [0.5, 0.6) is 0 Å². The number of carboxylic acids is 1. The van der Waals surface area contributed by atoms with E-state index in [0.29, 0.717) is 5.56 Å². The van der Waals surface area contributed by atoms with E-state index in [-0.39, 0.29) is 5.56 Å². The number of hydrogen-bond acceptors (Lipinski definition) is 2. The van der Waals surface area contributed by atoms with Crippen LogP contribution in [0.1, 0.15) is 11.1 Å². The van der Waals surface area contributed by atoms with E-state index in [0.717, 1.165) is 0 Å². The Morgan fingerprint density at radius 2 is 2.06 bits per heavy atom. The lowest BCUT2D eigenvalue weighted by atomic mass is 9.78. The Balaban J connectivity index is 3.43. The maximum atomic E-state index is 13.0. The summed E-state index contributed by atoms with van der Waals surface area (Å²) in [6, 6.07) is 6.15. The second kappa shape index (κ2) is 4.57. The average Bonchev–Trinajstić information content (AvgIpc) is 2.21. The first-order valence-corrected chi connectivity index (χ1v) is 4.74. The second-order valence-electron chi connectivity index (χ2n) is 3.60. The van der Waals surface area contributed by atoms with Gasteiger partial charge in [-0.05, 0) is 18.1 Å². The fraction of sp³-hybridized carbons (Fsp3) is 0.364. The van der Waals surface area contributed by atoms with Crippen LogP contribution in [0, 0.1) is 6.92 Å². The van der Waals surface area contributed by atoms with E-state index < -0.39 is 24.4 Å². The van der Waals surface area contributed by atoms with Gasteiger partial charge >= 0.3 is 5.97 Å². The molecule has 0 saturated carbocycles. The first kappa shape index (κ1) is 12.6. The molecule has 0 aliphatic rings. The highest BCUT2D eigenvalue weighted by molar-refractivity contribution is 5.83. The predicted octanol–water partition coefficient (Wildman–Crippen LogP) is 1.54. The van der Waals surface area contributed by atoms with Crippen molar-refractivity contribution in [3.63, 3.8) is 0 Å². The highest BCUT2D eigenvalue weighted by atomic mass is 19.3. The number of rotatable bonds is 4. The summed E-state index contributed by atoms with van der Waals surface area (Å²) in [7, 11) is 0. The van der Waals surface area contributed by atoms with E-state index in [1.165, 1.54) is 12.1 Å². The zero-order chi connectivity index (χ0) is 12.3. The van der Waals surface area contributed by atoms with E-state index in [2.05, 4.69) is 0 Å². The maximum absolute atomic E-state index is 13.0. The Morgan fingerprint density at radius 1 is 1.50 bits per heavy atom. The molecule has 1 rings (SSSR count). The SMILES string of the molecule is Cc1ccccc1C(CN)(C(=O)O)C(F)F. The number of carbonyl (C=O) groups is 1. The Bertz CT molecular complexity index is 395. The van der Waals surface area contributed by atoms with Gasteiger partial charge in [-0.1, -0.05) is 24.3 Å². The Labute approximate surface area is 91.9 Å². The molecule has 0 spiro atoms. The van der Waals surface area contributed by atoms with E-state index in [1.807, 2.05) is 0 Å². The van der Waals surface area contributed by atoms with Crippen molar-refractivity contribution in [1.82, 2.24) is 0 Å². The summed E-state index contributed by atoms with van der Waals surface area (Å²) in [5, 5.41) is 9.01. The molecular formula is C11H13F2NO2. The average molecular weight is 229 g/mol. The molecule has 0 aliphatic heterocycles. The number of carboxylic acid groups (broad SMARTS) is 1. The van der Waals surface area contributed by atoms with Gasteiger partial charge in [0, 0.05) is 6.54 Å². The van der Waals surface area contributed by atoms with Crippen LogP contribution >= 0.6 is 0 Å².